The van der Waals surface area contributed by atoms with E-state index in [1.165, 1.54) is 0 Å². The van der Waals surface area contributed by atoms with E-state index in [0.717, 1.165) is 25.1 Å². The van der Waals surface area contributed by atoms with Crippen molar-refractivity contribution in [1.29, 1.82) is 0 Å². The molecule has 1 aromatic rings. The Morgan fingerprint density at radius 1 is 1.64 bits per heavy atom. The Labute approximate surface area is 89.2 Å². The average molecular weight is 215 g/mol. The smallest absolute Gasteiger partial charge is 0.0756 e. The van der Waals surface area contributed by atoms with Crippen LogP contribution in [0, 0.1) is 0 Å². The van der Waals surface area contributed by atoms with E-state index < -0.39 is 0 Å². The first-order valence-electron chi connectivity index (χ1n) is 4.60. The van der Waals surface area contributed by atoms with Crippen molar-refractivity contribution in [1.82, 2.24) is 4.98 Å². The summed E-state index contributed by atoms with van der Waals surface area (Å²) in [5, 5.41) is 0.636. The van der Waals surface area contributed by atoms with E-state index in [1.54, 1.807) is 25.4 Å². The molecule has 14 heavy (non-hydrogen) atoms. The Hall–Kier alpha value is -0.640. The van der Waals surface area contributed by atoms with Gasteiger partial charge in [0.05, 0.1) is 10.7 Å². The van der Waals surface area contributed by atoms with Crippen molar-refractivity contribution >= 4 is 11.6 Å². The summed E-state index contributed by atoms with van der Waals surface area (Å²) in [6.07, 6.45) is 3.46. The highest BCUT2D eigenvalue weighted by atomic mass is 35.5. The zero-order chi connectivity index (χ0) is 10.4. The van der Waals surface area contributed by atoms with Crippen molar-refractivity contribution < 1.29 is 4.74 Å². The zero-order valence-electron chi connectivity index (χ0n) is 8.24. The molecule has 0 amide bonds. The summed E-state index contributed by atoms with van der Waals surface area (Å²) in [4.78, 5) is 4.16. The van der Waals surface area contributed by atoms with Crippen LogP contribution in [-0.4, -0.2) is 18.7 Å². The average Bonchev–Trinajstić information content (AvgIpc) is 2.18. The van der Waals surface area contributed by atoms with Gasteiger partial charge in [-0.25, -0.2) is 0 Å². The molecular formula is C10H15ClN2O. The van der Waals surface area contributed by atoms with E-state index in [9.17, 15) is 0 Å². The van der Waals surface area contributed by atoms with E-state index in [0.29, 0.717) is 5.02 Å². The van der Waals surface area contributed by atoms with Crippen LogP contribution in [0.1, 0.15) is 24.6 Å². The monoisotopic (exact) mass is 214 g/mol. The van der Waals surface area contributed by atoms with Crippen molar-refractivity contribution in [2.24, 2.45) is 5.73 Å². The highest BCUT2D eigenvalue weighted by molar-refractivity contribution is 6.31. The second-order valence-corrected chi connectivity index (χ2v) is 3.52. The Morgan fingerprint density at radius 3 is 3.07 bits per heavy atom. The van der Waals surface area contributed by atoms with Gasteiger partial charge in [0.25, 0.3) is 0 Å². The van der Waals surface area contributed by atoms with Crippen LogP contribution in [0.4, 0.5) is 0 Å². The van der Waals surface area contributed by atoms with Gasteiger partial charge in [-0.15, -0.1) is 0 Å². The Morgan fingerprint density at radius 2 is 2.43 bits per heavy atom. The number of halogens is 1. The maximum atomic E-state index is 5.96. The molecule has 1 rings (SSSR count). The van der Waals surface area contributed by atoms with E-state index in [4.69, 9.17) is 22.1 Å². The van der Waals surface area contributed by atoms with Gasteiger partial charge in [0.1, 0.15) is 0 Å². The van der Waals surface area contributed by atoms with Crippen LogP contribution in [0.2, 0.25) is 5.02 Å². The van der Waals surface area contributed by atoms with Crippen LogP contribution in [-0.2, 0) is 4.74 Å². The molecular weight excluding hydrogens is 200 g/mol. The van der Waals surface area contributed by atoms with Crippen LogP contribution in [0.25, 0.3) is 0 Å². The molecule has 1 heterocycles. The number of nitrogens with zero attached hydrogens (tertiary/aromatic N) is 1. The number of methoxy groups -OCH3 is 1. The van der Waals surface area contributed by atoms with Gasteiger partial charge in [-0.1, -0.05) is 11.6 Å². The molecule has 0 spiro atoms. The number of aromatic nitrogens is 1. The molecule has 0 saturated heterocycles. The standard InChI is InChI=1S/C10H15ClN2O/c1-14-7-3-5-9(12)10-8(11)4-2-6-13-10/h2,4,6,9H,3,5,7,12H2,1H3. The fraction of sp³-hybridized carbons (Fsp3) is 0.500. The minimum atomic E-state index is -0.0983. The maximum absolute atomic E-state index is 5.96. The maximum Gasteiger partial charge on any atom is 0.0756 e. The first-order valence-corrected chi connectivity index (χ1v) is 4.98. The highest BCUT2D eigenvalue weighted by Crippen LogP contribution is 2.21. The lowest BCUT2D eigenvalue weighted by atomic mass is 10.1. The number of rotatable bonds is 5. The summed E-state index contributed by atoms with van der Waals surface area (Å²) < 4.78 is 4.95. The second kappa shape index (κ2) is 5.96. The topological polar surface area (TPSA) is 48.1 Å². The van der Waals surface area contributed by atoms with Crippen LogP contribution in [0.5, 0.6) is 0 Å². The molecule has 1 aromatic heterocycles. The lowest BCUT2D eigenvalue weighted by molar-refractivity contribution is 0.190. The molecule has 2 N–H and O–H groups in total. The van der Waals surface area contributed by atoms with Gasteiger partial charge in [-0.05, 0) is 25.0 Å². The minimum Gasteiger partial charge on any atom is -0.385 e. The molecule has 0 radical (unpaired) electrons. The van der Waals surface area contributed by atoms with E-state index in [2.05, 4.69) is 4.98 Å². The molecule has 0 fully saturated rings. The summed E-state index contributed by atoms with van der Waals surface area (Å²) in [7, 11) is 1.68. The van der Waals surface area contributed by atoms with Crippen molar-refractivity contribution in [3.05, 3.63) is 29.0 Å². The molecule has 0 bridgehead atoms. The van der Waals surface area contributed by atoms with Crippen molar-refractivity contribution in [3.8, 4) is 0 Å². The first-order chi connectivity index (χ1) is 6.75. The zero-order valence-corrected chi connectivity index (χ0v) is 9.00. The fourth-order valence-electron chi connectivity index (χ4n) is 1.26. The third-order valence-corrected chi connectivity index (χ3v) is 2.32. The van der Waals surface area contributed by atoms with Gasteiger partial charge < -0.3 is 10.5 Å². The third kappa shape index (κ3) is 3.25. The molecule has 1 atom stereocenters. The van der Waals surface area contributed by atoms with Crippen molar-refractivity contribution in [2.45, 2.75) is 18.9 Å². The molecule has 78 valence electrons. The molecule has 0 aliphatic carbocycles. The molecule has 3 nitrogen and oxygen atoms in total. The van der Waals surface area contributed by atoms with Gasteiger partial charge in [-0.3, -0.25) is 4.98 Å². The Kier molecular flexibility index (Phi) is 4.87. The number of ether oxygens (including phenoxy) is 1. The van der Waals surface area contributed by atoms with Crippen molar-refractivity contribution in [2.75, 3.05) is 13.7 Å². The fourth-order valence-corrected chi connectivity index (χ4v) is 1.52. The SMILES string of the molecule is COCCCC(N)c1ncccc1Cl. The van der Waals surface area contributed by atoms with E-state index in [1.807, 2.05) is 0 Å². The number of hydrogen-bond donors (Lipinski definition) is 1. The quantitative estimate of drug-likeness (QED) is 0.765. The number of pyridine rings is 1. The lowest BCUT2D eigenvalue weighted by Gasteiger charge is -2.11. The Bertz CT molecular complexity index is 281. The van der Waals surface area contributed by atoms with Gasteiger partial charge in [0.15, 0.2) is 0 Å². The van der Waals surface area contributed by atoms with Gasteiger partial charge in [0.2, 0.25) is 0 Å². The second-order valence-electron chi connectivity index (χ2n) is 3.11. The predicted octanol–water partition coefficient (Wildman–Crippen LogP) is 2.16. The summed E-state index contributed by atoms with van der Waals surface area (Å²) in [5.41, 5.74) is 6.70. The molecule has 1 unspecified atom stereocenters. The summed E-state index contributed by atoms with van der Waals surface area (Å²) in [6, 6.07) is 3.51. The van der Waals surface area contributed by atoms with Crippen LogP contribution in [0.3, 0.4) is 0 Å². The summed E-state index contributed by atoms with van der Waals surface area (Å²) in [5.74, 6) is 0. The minimum absolute atomic E-state index is 0.0983. The van der Waals surface area contributed by atoms with Crippen molar-refractivity contribution in [3.63, 3.8) is 0 Å². The predicted molar refractivity (Wildman–Crippen MR) is 57.3 cm³/mol. The third-order valence-electron chi connectivity index (χ3n) is 2.00. The van der Waals surface area contributed by atoms with Gasteiger partial charge in [-0.2, -0.15) is 0 Å². The summed E-state index contributed by atoms with van der Waals surface area (Å²) in [6.45, 7) is 0.720. The number of hydrogen-bond acceptors (Lipinski definition) is 3. The summed E-state index contributed by atoms with van der Waals surface area (Å²) >= 11 is 5.96. The number of nitrogens with two attached hydrogens (primary N) is 1. The largest absolute Gasteiger partial charge is 0.385 e. The van der Waals surface area contributed by atoms with Gasteiger partial charge in [0, 0.05) is 26.0 Å². The Balaban J connectivity index is 2.51. The van der Waals surface area contributed by atoms with Crippen LogP contribution >= 0.6 is 11.6 Å². The van der Waals surface area contributed by atoms with E-state index in [-0.39, 0.29) is 6.04 Å². The van der Waals surface area contributed by atoms with E-state index >= 15 is 0 Å². The molecule has 0 aromatic carbocycles. The lowest BCUT2D eigenvalue weighted by Crippen LogP contribution is -2.13. The molecule has 0 saturated carbocycles. The molecule has 0 aliphatic rings. The van der Waals surface area contributed by atoms with Gasteiger partial charge >= 0.3 is 0 Å². The first kappa shape index (κ1) is 11.4. The normalized spacial score (nSPS) is 12.8. The molecule has 0 aliphatic heterocycles. The van der Waals surface area contributed by atoms with Crippen LogP contribution < -0.4 is 5.73 Å². The molecule has 4 heteroatoms. The van der Waals surface area contributed by atoms with Crippen LogP contribution in [0.15, 0.2) is 18.3 Å². The highest BCUT2D eigenvalue weighted by Gasteiger charge is 2.10.